The molecule has 0 bridgehead atoms. The van der Waals surface area contributed by atoms with Crippen LogP contribution in [-0.2, 0) is 15.1 Å². The second kappa shape index (κ2) is 9.83. The molecule has 11 nitrogen and oxygen atoms in total. The van der Waals surface area contributed by atoms with Gasteiger partial charge in [-0.05, 0) is 26.0 Å². The number of nitriles is 1. The molecule has 2 aliphatic rings. The number of fused-ring (bicyclic) bond motifs is 1. The number of amides is 1. The molecule has 2 fully saturated rings. The summed E-state index contributed by atoms with van der Waals surface area (Å²) >= 11 is 6.30. The SMILES string of the molecule is COc1c(Cl)cccc1NC1CC(Nc2cnc(C(C)(C)OC)c(C#N)n2)NC2NN(C)C(=O)C12. The van der Waals surface area contributed by atoms with Crippen molar-refractivity contribution in [1.29, 1.82) is 5.26 Å². The van der Waals surface area contributed by atoms with Gasteiger partial charge < -0.3 is 20.1 Å². The van der Waals surface area contributed by atoms with Crippen molar-refractivity contribution in [3.8, 4) is 11.8 Å². The van der Waals surface area contributed by atoms with Crippen LogP contribution in [0.4, 0.5) is 11.5 Å². The number of ether oxygens (including phenoxy) is 2. The number of halogens is 1. The van der Waals surface area contributed by atoms with Gasteiger partial charge in [0, 0.05) is 26.6 Å². The zero-order chi connectivity index (χ0) is 25.3. The standard InChI is InChI=1S/C23H29ClN8O3/c1-23(2,35-5)20-15(10-25)28-17(11-26-20)29-16-9-14(18-21(30-16)31-32(3)22(18)33)27-13-8-6-7-12(24)19(13)34-4/h6-8,11,14,16,18,21,27,30-31H,9H2,1-5H3,(H,28,29). The van der Waals surface area contributed by atoms with Gasteiger partial charge in [0.25, 0.3) is 0 Å². The Morgan fingerprint density at radius 1 is 1.31 bits per heavy atom. The number of carbonyl (C=O) groups excluding carboxylic acids is 1. The molecule has 2 aliphatic heterocycles. The van der Waals surface area contributed by atoms with Gasteiger partial charge in [0.2, 0.25) is 5.91 Å². The van der Waals surface area contributed by atoms with Crippen molar-refractivity contribution in [3.63, 3.8) is 0 Å². The van der Waals surface area contributed by atoms with E-state index in [4.69, 9.17) is 21.1 Å². The molecule has 0 saturated carbocycles. The Morgan fingerprint density at radius 3 is 2.77 bits per heavy atom. The first-order valence-corrected chi connectivity index (χ1v) is 11.5. The topological polar surface area (TPSA) is 136 Å². The first kappa shape index (κ1) is 24.9. The largest absolute Gasteiger partial charge is 0.493 e. The minimum absolute atomic E-state index is 0.0304. The van der Waals surface area contributed by atoms with E-state index < -0.39 is 5.60 Å². The quantitative estimate of drug-likeness (QED) is 0.447. The summed E-state index contributed by atoms with van der Waals surface area (Å²) in [5.41, 5.74) is 3.76. The Balaban J connectivity index is 1.59. The molecule has 4 N–H and O–H groups in total. The fraction of sp³-hybridized carbons (Fsp3) is 0.478. The lowest BCUT2D eigenvalue weighted by atomic mass is 9.88. The summed E-state index contributed by atoms with van der Waals surface area (Å²) in [5, 5.41) is 21.8. The molecule has 2 aromatic rings. The van der Waals surface area contributed by atoms with E-state index in [1.807, 2.05) is 26.0 Å². The average molecular weight is 501 g/mol. The molecule has 1 aromatic carbocycles. The maximum Gasteiger partial charge on any atom is 0.244 e. The molecule has 186 valence electrons. The summed E-state index contributed by atoms with van der Waals surface area (Å²) in [6.45, 7) is 3.65. The Kier molecular flexibility index (Phi) is 7.00. The molecule has 1 amide bonds. The molecule has 1 aromatic heterocycles. The molecule has 4 rings (SSSR count). The second-order valence-electron chi connectivity index (χ2n) is 8.98. The number of para-hydroxylation sites is 1. The number of methoxy groups -OCH3 is 2. The van der Waals surface area contributed by atoms with Crippen molar-refractivity contribution in [2.75, 3.05) is 31.9 Å². The highest BCUT2D eigenvalue weighted by Crippen LogP contribution is 2.36. The summed E-state index contributed by atoms with van der Waals surface area (Å²) in [6, 6.07) is 7.28. The maximum atomic E-state index is 12.9. The number of hydrazine groups is 1. The third-order valence-corrected chi connectivity index (χ3v) is 6.70. The normalized spacial score (nSPS) is 24.0. The number of nitrogens with one attached hydrogen (secondary N) is 4. The number of rotatable bonds is 7. The molecular weight excluding hydrogens is 472 g/mol. The van der Waals surface area contributed by atoms with Crippen LogP contribution in [0.5, 0.6) is 5.75 Å². The molecule has 0 aliphatic carbocycles. The first-order chi connectivity index (χ1) is 16.7. The predicted octanol–water partition coefficient (Wildman–Crippen LogP) is 2.02. The monoisotopic (exact) mass is 500 g/mol. The van der Waals surface area contributed by atoms with Gasteiger partial charge >= 0.3 is 0 Å². The van der Waals surface area contributed by atoms with Crippen LogP contribution >= 0.6 is 11.6 Å². The van der Waals surface area contributed by atoms with Gasteiger partial charge in [-0.2, -0.15) is 5.26 Å². The molecule has 12 heteroatoms. The minimum atomic E-state index is -0.753. The lowest BCUT2D eigenvalue weighted by Gasteiger charge is -2.39. The van der Waals surface area contributed by atoms with Crippen molar-refractivity contribution < 1.29 is 14.3 Å². The van der Waals surface area contributed by atoms with Gasteiger partial charge in [-0.25, -0.2) is 10.4 Å². The van der Waals surface area contributed by atoms with E-state index in [2.05, 4.69) is 37.4 Å². The third-order valence-electron chi connectivity index (χ3n) is 6.40. The van der Waals surface area contributed by atoms with Gasteiger partial charge in [-0.1, -0.05) is 17.7 Å². The van der Waals surface area contributed by atoms with E-state index in [1.165, 1.54) is 5.01 Å². The molecule has 0 radical (unpaired) electrons. The van der Waals surface area contributed by atoms with Gasteiger partial charge in [0.15, 0.2) is 11.4 Å². The van der Waals surface area contributed by atoms with E-state index in [1.54, 1.807) is 33.5 Å². The number of piperidine rings is 1. The van der Waals surface area contributed by atoms with Crippen LogP contribution in [0, 0.1) is 17.2 Å². The first-order valence-electron chi connectivity index (χ1n) is 11.2. The highest BCUT2D eigenvalue weighted by atomic mass is 35.5. The van der Waals surface area contributed by atoms with E-state index >= 15 is 0 Å². The molecule has 35 heavy (non-hydrogen) atoms. The molecule has 2 saturated heterocycles. The zero-order valence-corrected chi connectivity index (χ0v) is 21.0. The third kappa shape index (κ3) is 4.83. The Hall–Kier alpha value is -3.17. The van der Waals surface area contributed by atoms with Crippen molar-refractivity contribution in [1.82, 2.24) is 25.7 Å². The molecule has 4 unspecified atom stereocenters. The van der Waals surface area contributed by atoms with Gasteiger partial charge in [-0.15, -0.1) is 0 Å². The van der Waals surface area contributed by atoms with Crippen LogP contribution in [-0.4, -0.2) is 60.5 Å². The smallest absolute Gasteiger partial charge is 0.244 e. The lowest BCUT2D eigenvalue weighted by molar-refractivity contribution is -0.131. The lowest BCUT2D eigenvalue weighted by Crippen LogP contribution is -2.61. The van der Waals surface area contributed by atoms with Crippen LogP contribution < -0.4 is 26.1 Å². The predicted molar refractivity (Wildman–Crippen MR) is 131 cm³/mol. The van der Waals surface area contributed by atoms with E-state index in [9.17, 15) is 10.1 Å². The summed E-state index contributed by atoms with van der Waals surface area (Å²) in [7, 11) is 4.81. The number of carbonyl (C=O) groups is 1. The number of aromatic nitrogens is 2. The number of nitrogens with zero attached hydrogens (tertiary/aromatic N) is 4. The number of hydrogen-bond donors (Lipinski definition) is 4. The van der Waals surface area contributed by atoms with Gasteiger partial charge in [0.1, 0.15) is 23.2 Å². The van der Waals surface area contributed by atoms with Crippen LogP contribution in [0.25, 0.3) is 0 Å². The van der Waals surface area contributed by atoms with Crippen LogP contribution in [0.2, 0.25) is 5.02 Å². The van der Waals surface area contributed by atoms with Crippen LogP contribution in [0.1, 0.15) is 31.7 Å². The molecule has 3 heterocycles. The molecule has 0 spiro atoms. The summed E-state index contributed by atoms with van der Waals surface area (Å²) in [5.74, 6) is 0.552. The van der Waals surface area contributed by atoms with Crippen molar-refractivity contribution >= 4 is 29.0 Å². The number of benzene rings is 1. The Labute approximate surface area is 209 Å². The fourth-order valence-electron chi connectivity index (χ4n) is 4.48. The average Bonchev–Trinajstić information content (AvgIpc) is 3.12. The van der Waals surface area contributed by atoms with E-state index in [0.717, 1.165) is 0 Å². The summed E-state index contributed by atoms with van der Waals surface area (Å²) in [6.07, 6.45) is 1.49. The Bertz CT molecular complexity index is 1150. The van der Waals surface area contributed by atoms with E-state index in [-0.39, 0.29) is 35.9 Å². The van der Waals surface area contributed by atoms with Crippen LogP contribution in [0.3, 0.4) is 0 Å². The minimum Gasteiger partial charge on any atom is -0.493 e. The Morgan fingerprint density at radius 2 is 2.09 bits per heavy atom. The van der Waals surface area contributed by atoms with Crippen molar-refractivity contribution in [2.45, 2.75) is 44.2 Å². The summed E-state index contributed by atoms with van der Waals surface area (Å²) in [4.78, 5) is 21.8. The van der Waals surface area contributed by atoms with Gasteiger partial charge in [0.05, 0.1) is 42.3 Å². The van der Waals surface area contributed by atoms with E-state index in [0.29, 0.717) is 34.4 Å². The maximum absolute atomic E-state index is 12.9. The fourth-order valence-corrected chi connectivity index (χ4v) is 4.73. The number of hydrogen-bond acceptors (Lipinski definition) is 10. The van der Waals surface area contributed by atoms with Gasteiger partial charge in [-0.3, -0.25) is 20.1 Å². The van der Waals surface area contributed by atoms with Crippen molar-refractivity contribution in [2.24, 2.45) is 5.92 Å². The van der Waals surface area contributed by atoms with Crippen molar-refractivity contribution in [3.05, 3.63) is 40.8 Å². The second-order valence-corrected chi connectivity index (χ2v) is 9.39. The molecular formula is C23H29ClN8O3. The summed E-state index contributed by atoms with van der Waals surface area (Å²) < 4.78 is 10.9. The van der Waals surface area contributed by atoms with Crippen LogP contribution in [0.15, 0.2) is 24.4 Å². The highest BCUT2D eigenvalue weighted by Gasteiger charge is 2.48. The highest BCUT2D eigenvalue weighted by molar-refractivity contribution is 6.32. The number of anilines is 2. The molecule has 4 atom stereocenters. The zero-order valence-electron chi connectivity index (χ0n) is 20.2.